The van der Waals surface area contributed by atoms with Gasteiger partial charge in [0.25, 0.3) is 0 Å². The quantitative estimate of drug-likeness (QED) is 0.388. The zero-order valence-electron chi connectivity index (χ0n) is 14.8. The van der Waals surface area contributed by atoms with Gasteiger partial charge in [0.05, 0.1) is 17.3 Å². The largest absolute Gasteiger partial charge is 0.460 e. The van der Waals surface area contributed by atoms with E-state index in [1.54, 1.807) is 20.8 Å². The standard InChI is InChI=1S/C18H32O4/c1-14(2)22-16(19)13-15(3)9-7-11-18(6,21)12-8-10-17(4,5)20/h7,9,13-14,20-21H,8,10-12H2,1-6H3/b9-7+,15-13+. The number of rotatable bonds is 9. The van der Waals surface area contributed by atoms with Gasteiger partial charge in [0.15, 0.2) is 0 Å². The maximum atomic E-state index is 11.5. The average molecular weight is 312 g/mol. The lowest BCUT2D eigenvalue weighted by Gasteiger charge is -2.24. The van der Waals surface area contributed by atoms with Crippen molar-refractivity contribution < 1.29 is 19.7 Å². The van der Waals surface area contributed by atoms with Gasteiger partial charge in [0.1, 0.15) is 0 Å². The summed E-state index contributed by atoms with van der Waals surface area (Å²) in [6.45, 7) is 10.8. The molecule has 0 rings (SSSR count). The molecule has 1 unspecified atom stereocenters. The molecular weight excluding hydrogens is 280 g/mol. The highest BCUT2D eigenvalue weighted by Gasteiger charge is 2.20. The molecule has 0 aromatic heterocycles. The SMILES string of the molecule is CC(/C=C/CC(C)(O)CCCC(C)(C)O)=C\C(=O)OC(C)C. The molecule has 0 radical (unpaired) electrons. The van der Waals surface area contributed by atoms with Crippen LogP contribution in [-0.2, 0) is 9.53 Å². The van der Waals surface area contributed by atoms with Crippen molar-refractivity contribution in [2.75, 3.05) is 0 Å². The molecule has 0 saturated heterocycles. The lowest BCUT2D eigenvalue weighted by Crippen LogP contribution is -2.25. The van der Waals surface area contributed by atoms with Crippen LogP contribution in [-0.4, -0.2) is 33.5 Å². The molecule has 128 valence electrons. The first-order valence-electron chi connectivity index (χ1n) is 7.91. The summed E-state index contributed by atoms with van der Waals surface area (Å²) >= 11 is 0. The zero-order valence-corrected chi connectivity index (χ0v) is 14.8. The summed E-state index contributed by atoms with van der Waals surface area (Å²) in [5, 5.41) is 19.9. The molecule has 0 heterocycles. The average Bonchev–Trinajstić information content (AvgIpc) is 2.24. The van der Waals surface area contributed by atoms with Crippen molar-refractivity contribution in [1.82, 2.24) is 0 Å². The van der Waals surface area contributed by atoms with Crippen molar-refractivity contribution in [3.63, 3.8) is 0 Å². The Morgan fingerprint density at radius 3 is 2.27 bits per heavy atom. The second-order valence-electron chi connectivity index (χ2n) is 7.14. The van der Waals surface area contributed by atoms with E-state index >= 15 is 0 Å². The summed E-state index contributed by atoms with van der Waals surface area (Å²) in [6.07, 6.45) is 7.54. The lowest BCUT2D eigenvalue weighted by atomic mass is 9.91. The van der Waals surface area contributed by atoms with E-state index < -0.39 is 11.2 Å². The maximum absolute atomic E-state index is 11.5. The number of carbonyl (C=O) groups excluding carboxylic acids is 1. The Hall–Kier alpha value is -1.13. The monoisotopic (exact) mass is 312 g/mol. The molecule has 0 bridgehead atoms. The predicted octanol–water partition coefficient (Wildman–Crippen LogP) is 3.52. The van der Waals surface area contributed by atoms with Crippen LogP contribution in [0.2, 0.25) is 0 Å². The first-order valence-corrected chi connectivity index (χ1v) is 7.91. The second-order valence-corrected chi connectivity index (χ2v) is 7.14. The van der Waals surface area contributed by atoms with Crippen LogP contribution in [0.25, 0.3) is 0 Å². The third-order valence-corrected chi connectivity index (χ3v) is 3.14. The normalized spacial score (nSPS) is 16.1. The van der Waals surface area contributed by atoms with Crippen molar-refractivity contribution in [3.8, 4) is 0 Å². The highest BCUT2D eigenvalue weighted by molar-refractivity contribution is 5.83. The van der Waals surface area contributed by atoms with Gasteiger partial charge in [-0.25, -0.2) is 4.79 Å². The smallest absolute Gasteiger partial charge is 0.331 e. The molecule has 0 aliphatic carbocycles. The number of carbonyl (C=O) groups is 1. The molecule has 0 aromatic rings. The molecule has 4 heteroatoms. The van der Waals surface area contributed by atoms with E-state index in [0.717, 1.165) is 12.0 Å². The van der Waals surface area contributed by atoms with Crippen LogP contribution >= 0.6 is 0 Å². The molecule has 22 heavy (non-hydrogen) atoms. The number of aliphatic hydroxyl groups is 2. The van der Waals surface area contributed by atoms with Crippen LogP contribution in [0.1, 0.15) is 67.2 Å². The number of esters is 1. The van der Waals surface area contributed by atoms with E-state index in [4.69, 9.17) is 4.74 Å². The summed E-state index contributed by atoms with van der Waals surface area (Å²) in [5.74, 6) is -0.353. The molecule has 0 aliphatic rings. The van der Waals surface area contributed by atoms with Crippen molar-refractivity contribution in [2.45, 2.75) is 84.5 Å². The first kappa shape index (κ1) is 20.9. The van der Waals surface area contributed by atoms with Crippen molar-refractivity contribution in [3.05, 3.63) is 23.8 Å². The molecule has 0 fully saturated rings. The summed E-state index contributed by atoms with van der Waals surface area (Å²) in [5.41, 5.74) is -0.708. The van der Waals surface area contributed by atoms with Gasteiger partial charge >= 0.3 is 5.97 Å². The Morgan fingerprint density at radius 2 is 1.77 bits per heavy atom. The van der Waals surface area contributed by atoms with Crippen LogP contribution in [0.3, 0.4) is 0 Å². The Kier molecular flexibility index (Phi) is 8.64. The Balaban J connectivity index is 4.28. The fourth-order valence-electron chi connectivity index (χ4n) is 2.00. The van der Waals surface area contributed by atoms with Crippen molar-refractivity contribution in [2.24, 2.45) is 0 Å². The van der Waals surface area contributed by atoms with E-state index in [-0.39, 0.29) is 12.1 Å². The van der Waals surface area contributed by atoms with Gasteiger partial charge in [-0.15, -0.1) is 0 Å². The summed E-state index contributed by atoms with van der Waals surface area (Å²) < 4.78 is 5.03. The summed E-state index contributed by atoms with van der Waals surface area (Å²) in [4.78, 5) is 11.5. The summed E-state index contributed by atoms with van der Waals surface area (Å²) in [7, 11) is 0. The molecular formula is C18H32O4. The van der Waals surface area contributed by atoms with Crippen LogP contribution in [0, 0.1) is 0 Å². The molecule has 1 atom stereocenters. The van der Waals surface area contributed by atoms with E-state index in [2.05, 4.69) is 0 Å². The summed E-state index contributed by atoms with van der Waals surface area (Å²) in [6, 6.07) is 0. The van der Waals surface area contributed by atoms with Crippen LogP contribution < -0.4 is 0 Å². The highest BCUT2D eigenvalue weighted by Crippen LogP contribution is 2.22. The topological polar surface area (TPSA) is 66.8 Å². The third kappa shape index (κ3) is 12.6. The van der Waals surface area contributed by atoms with E-state index in [0.29, 0.717) is 19.3 Å². The number of hydrogen-bond acceptors (Lipinski definition) is 4. The lowest BCUT2D eigenvalue weighted by molar-refractivity contribution is -0.141. The fraction of sp³-hybridized carbons (Fsp3) is 0.722. The van der Waals surface area contributed by atoms with Gasteiger partial charge < -0.3 is 14.9 Å². The molecule has 0 saturated carbocycles. The van der Waals surface area contributed by atoms with Gasteiger partial charge in [-0.05, 0) is 72.8 Å². The van der Waals surface area contributed by atoms with Crippen LogP contribution in [0.15, 0.2) is 23.8 Å². The highest BCUT2D eigenvalue weighted by atomic mass is 16.5. The Morgan fingerprint density at radius 1 is 1.18 bits per heavy atom. The van der Waals surface area contributed by atoms with Gasteiger partial charge in [-0.2, -0.15) is 0 Å². The van der Waals surface area contributed by atoms with E-state index in [1.807, 2.05) is 32.9 Å². The van der Waals surface area contributed by atoms with Gasteiger partial charge in [0.2, 0.25) is 0 Å². The molecule has 0 aromatic carbocycles. The van der Waals surface area contributed by atoms with Crippen LogP contribution in [0.4, 0.5) is 0 Å². The third-order valence-electron chi connectivity index (χ3n) is 3.14. The number of allylic oxidation sites excluding steroid dienone is 2. The fourth-order valence-corrected chi connectivity index (χ4v) is 2.00. The molecule has 0 amide bonds. The molecule has 4 nitrogen and oxygen atoms in total. The minimum atomic E-state index is -0.805. The van der Waals surface area contributed by atoms with Crippen LogP contribution in [0.5, 0.6) is 0 Å². The van der Waals surface area contributed by atoms with E-state index in [1.165, 1.54) is 6.08 Å². The number of ether oxygens (including phenoxy) is 1. The van der Waals surface area contributed by atoms with Gasteiger partial charge in [0, 0.05) is 6.08 Å². The van der Waals surface area contributed by atoms with E-state index in [9.17, 15) is 15.0 Å². The molecule has 2 N–H and O–H groups in total. The Labute approximate surface area is 134 Å². The Bertz CT molecular complexity index is 398. The molecule has 0 spiro atoms. The van der Waals surface area contributed by atoms with Crippen molar-refractivity contribution >= 4 is 5.97 Å². The van der Waals surface area contributed by atoms with Gasteiger partial charge in [-0.3, -0.25) is 0 Å². The minimum Gasteiger partial charge on any atom is -0.460 e. The number of hydrogen-bond donors (Lipinski definition) is 2. The second kappa shape index (κ2) is 9.11. The predicted molar refractivity (Wildman–Crippen MR) is 89.5 cm³/mol. The maximum Gasteiger partial charge on any atom is 0.331 e. The molecule has 0 aliphatic heterocycles. The minimum absolute atomic E-state index is 0.128. The zero-order chi connectivity index (χ0) is 17.4. The van der Waals surface area contributed by atoms with Gasteiger partial charge in [-0.1, -0.05) is 12.2 Å². The first-order chi connectivity index (χ1) is 9.91. The van der Waals surface area contributed by atoms with Crippen molar-refractivity contribution in [1.29, 1.82) is 0 Å².